The highest BCUT2D eigenvalue weighted by Crippen LogP contribution is 2.31. The largest absolute Gasteiger partial charge is 0.497 e. The number of carbonyl (C=O) groups excluding carboxylic acids is 2. The Bertz CT molecular complexity index is 774. The van der Waals surface area contributed by atoms with Crippen LogP contribution in [0.25, 0.3) is 0 Å². The molecule has 170 valence electrons. The van der Waals surface area contributed by atoms with Crippen molar-refractivity contribution in [3.8, 4) is 5.75 Å². The molecule has 3 rings (SSSR count). The second-order valence-corrected chi connectivity index (χ2v) is 8.69. The average molecular weight is 432 g/mol. The van der Waals surface area contributed by atoms with Gasteiger partial charge in [0.15, 0.2) is 0 Å². The van der Waals surface area contributed by atoms with Crippen LogP contribution in [-0.4, -0.2) is 72.5 Å². The number of carboxylic acids is 1. The van der Waals surface area contributed by atoms with Crippen LogP contribution < -0.4 is 10.5 Å². The van der Waals surface area contributed by atoms with E-state index in [1.165, 1.54) is 0 Å². The summed E-state index contributed by atoms with van der Waals surface area (Å²) in [4.78, 5) is 39.9. The van der Waals surface area contributed by atoms with Crippen molar-refractivity contribution in [2.45, 2.75) is 32.1 Å². The Labute approximate surface area is 183 Å². The minimum Gasteiger partial charge on any atom is -0.497 e. The van der Waals surface area contributed by atoms with E-state index >= 15 is 0 Å². The molecule has 2 saturated heterocycles. The smallest absolute Gasteiger partial charge is 0.303 e. The van der Waals surface area contributed by atoms with Gasteiger partial charge in [-0.15, -0.1) is 0 Å². The Morgan fingerprint density at radius 1 is 1.06 bits per heavy atom. The molecule has 2 aliphatic heterocycles. The van der Waals surface area contributed by atoms with E-state index in [4.69, 9.17) is 10.5 Å². The summed E-state index contributed by atoms with van der Waals surface area (Å²) < 4.78 is 5.16. The molecule has 8 nitrogen and oxygen atoms in total. The van der Waals surface area contributed by atoms with Gasteiger partial charge in [0.1, 0.15) is 5.75 Å². The third-order valence-corrected chi connectivity index (χ3v) is 6.76. The Hall–Kier alpha value is -2.61. The summed E-state index contributed by atoms with van der Waals surface area (Å²) >= 11 is 0. The Kier molecular flexibility index (Phi) is 7.90. The number of primary amides is 1. The van der Waals surface area contributed by atoms with Crippen molar-refractivity contribution in [2.75, 3.05) is 39.8 Å². The lowest BCUT2D eigenvalue weighted by Gasteiger charge is -2.39. The van der Waals surface area contributed by atoms with Crippen molar-refractivity contribution in [1.82, 2.24) is 9.80 Å². The molecule has 2 heterocycles. The molecule has 0 aliphatic carbocycles. The lowest BCUT2D eigenvalue weighted by atomic mass is 9.80. The first-order valence-corrected chi connectivity index (χ1v) is 11.0. The number of amides is 2. The van der Waals surface area contributed by atoms with E-state index in [0.29, 0.717) is 30.8 Å². The van der Waals surface area contributed by atoms with E-state index in [0.717, 1.165) is 38.9 Å². The van der Waals surface area contributed by atoms with Gasteiger partial charge in [0.05, 0.1) is 7.11 Å². The number of rotatable bonds is 8. The zero-order valence-corrected chi connectivity index (χ0v) is 18.2. The van der Waals surface area contributed by atoms with E-state index in [-0.39, 0.29) is 36.0 Å². The fourth-order valence-electron chi connectivity index (χ4n) is 4.79. The highest BCUT2D eigenvalue weighted by Gasteiger charge is 2.33. The summed E-state index contributed by atoms with van der Waals surface area (Å²) in [6, 6.07) is 7.08. The van der Waals surface area contributed by atoms with Gasteiger partial charge in [0.2, 0.25) is 5.91 Å². The van der Waals surface area contributed by atoms with Gasteiger partial charge in [-0.3, -0.25) is 14.4 Å². The molecule has 1 aromatic rings. The van der Waals surface area contributed by atoms with Gasteiger partial charge in [0.25, 0.3) is 5.91 Å². The molecule has 0 spiro atoms. The van der Waals surface area contributed by atoms with Crippen LogP contribution in [-0.2, 0) is 9.59 Å². The highest BCUT2D eigenvalue weighted by molar-refractivity contribution is 5.94. The number of nitrogens with two attached hydrogens (primary N) is 1. The first-order valence-electron chi connectivity index (χ1n) is 11.0. The normalized spacial score (nSPS) is 22.8. The van der Waals surface area contributed by atoms with Crippen LogP contribution in [0.2, 0.25) is 0 Å². The van der Waals surface area contributed by atoms with Crippen molar-refractivity contribution in [3.05, 3.63) is 29.8 Å². The fraction of sp³-hybridized carbons (Fsp3) is 0.609. The molecule has 1 aromatic carbocycles. The molecule has 0 radical (unpaired) electrons. The number of ether oxygens (including phenoxy) is 1. The predicted octanol–water partition coefficient (Wildman–Crippen LogP) is 1.84. The van der Waals surface area contributed by atoms with E-state index < -0.39 is 5.97 Å². The molecule has 2 atom stereocenters. The van der Waals surface area contributed by atoms with Crippen LogP contribution in [0.4, 0.5) is 0 Å². The van der Waals surface area contributed by atoms with Crippen molar-refractivity contribution in [2.24, 2.45) is 23.5 Å². The van der Waals surface area contributed by atoms with Gasteiger partial charge in [-0.1, -0.05) is 0 Å². The third kappa shape index (κ3) is 6.19. The summed E-state index contributed by atoms with van der Waals surface area (Å²) in [5.41, 5.74) is 6.03. The number of hydrogen-bond donors (Lipinski definition) is 2. The van der Waals surface area contributed by atoms with Crippen LogP contribution >= 0.6 is 0 Å². The number of likely N-dealkylation sites (tertiary alicyclic amines) is 2. The number of piperidine rings is 2. The topological polar surface area (TPSA) is 113 Å². The Morgan fingerprint density at radius 3 is 2.32 bits per heavy atom. The molecule has 0 saturated carbocycles. The minimum absolute atomic E-state index is 0.0244. The van der Waals surface area contributed by atoms with E-state index in [1.807, 2.05) is 4.90 Å². The number of carboxylic acid groups (broad SMARTS) is 1. The third-order valence-electron chi connectivity index (χ3n) is 6.76. The molecular formula is C23H33N3O5. The lowest BCUT2D eigenvalue weighted by molar-refractivity contribution is -0.139. The molecule has 2 unspecified atom stereocenters. The van der Waals surface area contributed by atoms with Crippen molar-refractivity contribution in [3.63, 3.8) is 0 Å². The maximum atomic E-state index is 13.0. The van der Waals surface area contributed by atoms with Crippen molar-refractivity contribution in [1.29, 1.82) is 0 Å². The van der Waals surface area contributed by atoms with Gasteiger partial charge in [0, 0.05) is 31.0 Å². The monoisotopic (exact) mass is 431 g/mol. The molecule has 2 aliphatic rings. The van der Waals surface area contributed by atoms with Gasteiger partial charge in [-0.05, 0) is 81.4 Å². The maximum absolute atomic E-state index is 13.0. The maximum Gasteiger partial charge on any atom is 0.303 e. The Balaban J connectivity index is 1.60. The molecular weight excluding hydrogens is 398 g/mol. The zero-order chi connectivity index (χ0) is 22.4. The number of nitrogens with zero attached hydrogens (tertiary/aromatic N) is 2. The van der Waals surface area contributed by atoms with Gasteiger partial charge >= 0.3 is 5.97 Å². The Morgan fingerprint density at radius 2 is 1.74 bits per heavy atom. The average Bonchev–Trinajstić information content (AvgIpc) is 2.78. The first kappa shape index (κ1) is 23.1. The number of benzene rings is 1. The summed E-state index contributed by atoms with van der Waals surface area (Å²) in [7, 11) is 1.59. The molecule has 0 bridgehead atoms. The standard InChI is InChI=1S/C23H33N3O5/c1-31-20-4-2-17(3-5-20)23(30)26-13-9-18(14-21(27)28)19(15-26)8-12-25-10-6-16(7-11-25)22(24)29/h2-5,16,18-19H,6-15H2,1H3,(H2,24,29)(H,27,28). The van der Waals surface area contributed by atoms with Crippen LogP contribution in [0.5, 0.6) is 5.75 Å². The number of hydrogen-bond acceptors (Lipinski definition) is 5. The summed E-state index contributed by atoms with van der Waals surface area (Å²) in [5, 5.41) is 9.34. The number of carbonyl (C=O) groups is 3. The van der Waals surface area contributed by atoms with E-state index in [9.17, 15) is 19.5 Å². The second-order valence-electron chi connectivity index (χ2n) is 8.69. The predicted molar refractivity (Wildman–Crippen MR) is 116 cm³/mol. The fourth-order valence-corrected chi connectivity index (χ4v) is 4.79. The van der Waals surface area contributed by atoms with Gasteiger partial charge < -0.3 is 25.4 Å². The van der Waals surface area contributed by atoms with E-state index in [2.05, 4.69) is 4.90 Å². The second kappa shape index (κ2) is 10.6. The molecule has 8 heteroatoms. The molecule has 31 heavy (non-hydrogen) atoms. The van der Waals surface area contributed by atoms with Crippen molar-refractivity contribution < 1.29 is 24.2 Å². The number of aliphatic carboxylic acids is 1. The SMILES string of the molecule is COc1ccc(C(=O)N2CCC(CC(=O)O)C(CCN3CCC(C(N)=O)CC3)C2)cc1. The van der Waals surface area contributed by atoms with E-state index in [1.54, 1.807) is 31.4 Å². The first-order chi connectivity index (χ1) is 14.9. The molecule has 2 fully saturated rings. The minimum atomic E-state index is -0.785. The quantitative estimate of drug-likeness (QED) is 0.649. The van der Waals surface area contributed by atoms with Crippen molar-refractivity contribution >= 4 is 17.8 Å². The van der Waals surface area contributed by atoms with Crippen LogP contribution in [0.1, 0.15) is 42.5 Å². The molecule has 3 N–H and O–H groups in total. The summed E-state index contributed by atoms with van der Waals surface area (Å²) in [5.74, 6) is -0.156. The number of methoxy groups -OCH3 is 1. The van der Waals surface area contributed by atoms with Crippen LogP contribution in [0.15, 0.2) is 24.3 Å². The summed E-state index contributed by atoms with van der Waals surface area (Å²) in [6.07, 6.45) is 3.23. The summed E-state index contributed by atoms with van der Waals surface area (Å²) in [6.45, 7) is 3.65. The molecule has 0 aromatic heterocycles. The van der Waals surface area contributed by atoms with Gasteiger partial charge in [-0.25, -0.2) is 0 Å². The highest BCUT2D eigenvalue weighted by atomic mass is 16.5. The van der Waals surface area contributed by atoms with Gasteiger partial charge in [-0.2, -0.15) is 0 Å². The zero-order valence-electron chi connectivity index (χ0n) is 18.2. The van der Waals surface area contributed by atoms with Crippen LogP contribution in [0.3, 0.4) is 0 Å². The molecule has 2 amide bonds. The lowest BCUT2D eigenvalue weighted by Crippen LogP contribution is -2.46. The van der Waals surface area contributed by atoms with Crippen LogP contribution in [0, 0.1) is 17.8 Å².